The summed E-state index contributed by atoms with van der Waals surface area (Å²) in [5.41, 5.74) is 2.87. The number of fused-ring (bicyclic) bond motifs is 1. The number of hydrogen-bond acceptors (Lipinski definition) is 2. The molecule has 0 aliphatic rings. The molecule has 0 N–H and O–H groups in total. The average Bonchev–Trinajstić information content (AvgIpc) is 2.57. The van der Waals surface area contributed by atoms with E-state index >= 15 is 0 Å². The van der Waals surface area contributed by atoms with Gasteiger partial charge in [0.2, 0.25) is 0 Å². The number of hydrogen-bond donors (Lipinski definition) is 0. The molecular weight excluding hydrogens is 226 g/mol. The van der Waals surface area contributed by atoms with E-state index in [1.807, 2.05) is 11.3 Å². The molecule has 1 heterocycles. The normalized spacial score (nSPS) is 13.3. The van der Waals surface area contributed by atoms with Gasteiger partial charge in [0.05, 0.1) is 15.2 Å². The zero-order valence-corrected chi connectivity index (χ0v) is 12.4. The zero-order chi connectivity index (χ0) is 12.8. The Morgan fingerprint density at radius 2 is 1.59 bits per heavy atom. The lowest BCUT2D eigenvalue weighted by atomic mass is 9.87. The van der Waals surface area contributed by atoms with Gasteiger partial charge in [0, 0.05) is 5.41 Å². The maximum absolute atomic E-state index is 4.78. The molecule has 0 radical (unpaired) electrons. The third-order valence-corrected chi connectivity index (χ3v) is 4.39. The van der Waals surface area contributed by atoms with Crippen LogP contribution in [0.1, 0.15) is 52.1 Å². The first-order chi connectivity index (χ1) is 7.69. The van der Waals surface area contributed by atoms with Crippen molar-refractivity contribution in [1.29, 1.82) is 0 Å². The summed E-state index contributed by atoms with van der Waals surface area (Å²) in [7, 11) is 0. The molecule has 2 heteroatoms. The van der Waals surface area contributed by atoms with Crippen molar-refractivity contribution in [1.82, 2.24) is 4.98 Å². The van der Waals surface area contributed by atoms with Crippen LogP contribution in [-0.2, 0) is 10.8 Å². The second kappa shape index (κ2) is 3.81. The van der Waals surface area contributed by atoms with Crippen LogP contribution in [0.5, 0.6) is 0 Å². The summed E-state index contributed by atoms with van der Waals surface area (Å²) in [6.45, 7) is 13.5. The van der Waals surface area contributed by atoms with E-state index in [1.54, 1.807) is 0 Å². The molecule has 2 rings (SSSR count). The molecule has 0 amide bonds. The van der Waals surface area contributed by atoms with Gasteiger partial charge in [-0.1, -0.05) is 53.7 Å². The molecule has 92 valence electrons. The standard InChI is InChI=1S/C15H21NS/c1-14(2,3)10-8-7-9-11-12(10)17-13(16-11)15(4,5)6/h7-9H,1-6H3. The lowest BCUT2D eigenvalue weighted by molar-refractivity contribution is 0.587. The number of aromatic nitrogens is 1. The quantitative estimate of drug-likeness (QED) is 0.646. The third-order valence-electron chi connectivity index (χ3n) is 2.86. The first-order valence-electron chi connectivity index (χ1n) is 6.10. The van der Waals surface area contributed by atoms with E-state index in [0.717, 1.165) is 5.52 Å². The van der Waals surface area contributed by atoms with E-state index in [1.165, 1.54) is 15.3 Å². The fraction of sp³-hybridized carbons (Fsp3) is 0.533. The number of thiazole rings is 1. The Labute approximate surface area is 108 Å². The van der Waals surface area contributed by atoms with Gasteiger partial charge in [-0.2, -0.15) is 0 Å². The van der Waals surface area contributed by atoms with E-state index in [4.69, 9.17) is 4.98 Å². The van der Waals surface area contributed by atoms with E-state index in [-0.39, 0.29) is 10.8 Å². The Balaban J connectivity index is 2.70. The molecule has 0 spiro atoms. The van der Waals surface area contributed by atoms with Gasteiger partial charge in [0.15, 0.2) is 0 Å². The van der Waals surface area contributed by atoms with Crippen LogP contribution in [0.25, 0.3) is 10.2 Å². The average molecular weight is 247 g/mol. The summed E-state index contributed by atoms with van der Waals surface area (Å²) in [5.74, 6) is 0. The van der Waals surface area contributed by atoms with Gasteiger partial charge in [-0.25, -0.2) is 4.98 Å². The van der Waals surface area contributed by atoms with Gasteiger partial charge in [-0.3, -0.25) is 0 Å². The minimum Gasteiger partial charge on any atom is -0.241 e. The van der Waals surface area contributed by atoms with Crippen LogP contribution in [0.15, 0.2) is 18.2 Å². The molecule has 1 nitrogen and oxygen atoms in total. The Bertz CT molecular complexity index is 538. The van der Waals surface area contributed by atoms with Crippen molar-refractivity contribution in [3.63, 3.8) is 0 Å². The SMILES string of the molecule is CC(C)(C)c1nc2cccc(C(C)(C)C)c2s1. The summed E-state index contributed by atoms with van der Waals surface area (Å²) in [6.07, 6.45) is 0. The number of rotatable bonds is 0. The highest BCUT2D eigenvalue weighted by Crippen LogP contribution is 2.37. The van der Waals surface area contributed by atoms with Crippen LogP contribution in [0.2, 0.25) is 0 Å². The van der Waals surface area contributed by atoms with Crippen LogP contribution in [-0.4, -0.2) is 4.98 Å². The van der Waals surface area contributed by atoms with Crippen molar-refractivity contribution >= 4 is 21.6 Å². The zero-order valence-electron chi connectivity index (χ0n) is 11.6. The van der Waals surface area contributed by atoms with Crippen LogP contribution in [0.3, 0.4) is 0 Å². The lowest BCUT2D eigenvalue weighted by Crippen LogP contribution is -2.10. The second-order valence-corrected chi connectivity index (χ2v) is 7.67. The molecule has 0 unspecified atom stereocenters. The Hall–Kier alpha value is -0.890. The summed E-state index contributed by atoms with van der Waals surface area (Å²) < 4.78 is 1.35. The van der Waals surface area contributed by atoms with Crippen LogP contribution >= 0.6 is 11.3 Å². The summed E-state index contributed by atoms with van der Waals surface area (Å²) in [6, 6.07) is 6.47. The second-order valence-electron chi connectivity index (χ2n) is 6.67. The van der Waals surface area contributed by atoms with Crippen molar-refractivity contribution in [2.75, 3.05) is 0 Å². The number of nitrogens with zero attached hydrogens (tertiary/aromatic N) is 1. The molecule has 17 heavy (non-hydrogen) atoms. The van der Waals surface area contributed by atoms with Crippen LogP contribution in [0.4, 0.5) is 0 Å². The molecule has 0 atom stereocenters. The minimum atomic E-state index is 0.138. The lowest BCUT2D eigenvalue weighted by Gasteiger charge is -2.19. The predicted octanol–water partition coefficient (Wildman–Crippen LogP) is 4.89. The van der Waals surface area contributed by atoms with Gasteiger partial charge in [0.25, 0.3) is 0 Å². The first-order valence-corrected chi connectivity index (χ1v) is 6.92. The van der Waals surface area contributed by atoms with Crippen molar-refractivity contribution in [3.05, 3.63) is 28.8 Å². The molecule has 1 aromatic carbocycles. The maximum Gasteiger partial charge on any atom is 0.0992 e. The van der Waals surface area contributed by atoms with Crippen LogP contribution in [0, 0.1) is 0 Å². The molecule has 1 aromatic heterocycles. The molecule has 0 aliphatic carbocycles. The molecule has 0 fully saturated rings. The highest BCUT2D eigenvalue weighted by molar-refractivity contribution is 7.18. The Kier molecular flexibility index (Phi) is 2.81. The molecule has 0 saturated carbocycles. The van der Waals surface area contributed by atoms with E-state index in [9.17, 15) is 0 Å². The fourth-order valence-corrected chi connectivity index (χ4v) is 3.21. The largest absolute Gasteiger partial charge is 0.241 e. The molecule has 2 aromatic rings. The Morgan fingerprint density at radius 3 is 2.12 bits per heavy atom. The summed E-state index contributed by atoms with van der Waals surface area (Å²) >= 11 is 1.85. The van der Waals surface area contributed by atoms with Crippen molar-refractivity contribution in [3.8, 4) is 0 Å². The molecule has 0 aliphatic heterocycles. The summed E-state index contributed by atoms with van der Waals surface area (Å²) in [4.78, 5) is 4.78. The van der Waals surface area contributed by atoms with Crippen molar-refractivity contribution in [2.24, 2.45) is 0 Å². The highest BCUT2D eigenvalue weighted by atomic mass is 32.1. The van der Waals surface area contributed by atoms with E-state index in [0.29, 0.717) is 0 Å². The third kappa shape index (κ3) is 2.37. The molecule has 0 saturated heterocycles. The first kappa shape index (κ1) is 12.6. The van der Waals surface area contributed by atoms with Gasteiger partial charge < -0.3 is 0 Å². The fourth-order valence-electron chi connectivity index (χ4n) is 1.86. The minimum absolute atomic E-state index is 0.138. The van der Waals surface area contributed by atoms with Crippen LogP contribution < -0.4 is 0 Å². The van der Waals surface area contributed by atoms with Gasteiger partial charge in [-0.15, -0.1) is 11.3 Å². The predicted molar refractivity (Wildman–Crippen MR) is 77.0 cm³/mol. The molecule has 0 bridgehead atoms. The van der Waals surface area contributed by atoms with Crippen molar-refractivity contribution < 1.29 is 0 Å². The smallest absolute Gasteiger partial charge is 0.0992 e. The van der Waals surface area contributed by atoms with Gasteiger partial charge in [-0.05, 0) is 17.0 Å². The van der Waals surface area contributed by atoms with Gasteiger partial charge in [0.1, 0.15) is 0 Å². The van der Waals surface area contributed by atoms with Gasteiger partial charge >= 0.3 is 0 Å². The topological polar surface area (TPSA) is 12.9 Å². The monoisotopic (exact) mass is 247 g/mol. The molecular formula is C15H21NS. The number of benzene rings is 1. The summed E-state index contributed by atoms with van der Waals surface area (Å²) in [5, 5.41) is 1.23. The highest BCUT2D eigenvalue weighted by Gasteiger charge is 2.23. The van der Waals surface area contributed by atoms with E-state index in [2.05, 4.69) is 59.7 Å². The van der Waals surface area contributed by atoms with Crippen molar-refractivity contribution in [2.45, 2.75) is 52.4 Å². The Morgan fingerprint density at radius 1 is 0.941 bits per heavy atom. The maximum atomic E-state index is 4.78. The van der Waals surface area contributed by atoms with E-state index < -0.39 is 0 Å².